The number of aromatic nitrogens is 1. The third-order valence-electron chi connectivity index (χ3n) is 3.15. The number of para-hydroxylation sites is 1. The van der Waals surface area contributed by atoms with Gasteiger partial charge in [-0.1, -0.05) is 30.3 Å². The van der Waals surface area contributed by atoms with Crippen molar-refractivity contribution in [2.45, 2.75) is 0 Å². The number of nitrogens with two attached hydrogens (primary N) is 2. The minimum absolute atomic E-state index is 0.440. The maximum absolute atomic E-state index is 11.7. The Hall–Kier alpha value is -2.75. The number of carbonyl (C=O) groups is 1. The van der Waals surface area contributed by atoms with Gasteiger partial charge in [-0.3, -0.25) is 4.79 Å². The average molecular weight is 251 g/mol. The summed E-state index contributed by atoms with van der Waals surface area (Å²) in [5.41, 5.74) is 14.9. The fourth-order valence-electron chi connectivity index (χ4n) is 2.26. The normalized spacial score (nSPS) is 10.7. The summed E-state index contributed by atoms with van der Waals surface area (Å²) in [4.78, 5) is 15.0. The Bertz CT molecular complexity index is 757. The van der Waals surface area contributed by atoms with Crippen LogP contribution in [0.5, 0.6) is 0 Å². The summed E-state index contributed by atoms with van der Waals surface area (Å²) in [6, 6.07) is 14.9. The van der Waals surface area contributed by atoms with Gasteiger partial charge in [-0.05, 0) is 23.8 Å². The Kier molecular flexibility index (Phi) is 2.49. The molecule has 0 unspecified atom stereocenters. The number of benzene rings is 2. The van der Waals surface area contributed by atoms with Crippen molar-refractivity contribution in [3.63, 3.8) is 0 Å². The first-order valence-electron chi connectivity index (χ1n) is 5.93. The number of hydrogen-bond acceptors (Lipinski definition) is 2. The first-order valence-corrected chi connectivity index (χ1v) is 5.93. The molecule has 0 aliphatic carbocycles. The number of hydrogen-bond donors (Lipinski definition) is 3. The van der Waals surface area contributed by atoms with E-state index in [0.717, 1.165) is 22.2 Å². The molecule has 19 heavy (non-hydrogen) atoms. The van der Waals surface area contributed by atoms with Crippen molar-refractivity contribution in [2.24, 2.45) is 5.73 Å². The number of nitrogen functional groups attached to an aromatic ring is 1. The zero-order valence-electron chi connectivity index (χ0n) is 10.2. The molecule has 0 radical (unpaired) electrons. The number of amides is 1. The second kappa shape index (κ2) is 4.17. The zero-order valence-corrected chi connectivity index (χ0v) is 10.2. The molecule has 1 aromatic heterocycles. The Morgan fingerprint density at radius 1 is 1.00 bits per heavy atom. The Labute approximate surface area is 110 Å². The molecule has 2 aromatic carbocycles. The minimum Gasteiger partial charge on any atom is -0.399 e. The molecule has 0 saturated heterocycles. The average Bonchev–Trinajstić information content (AvgIpc) is 2.78. The van der Waals surface area contributed by atoms with Gasteiger partial charge in [-0.25, -0.2) is 0 Å². The molecule has 0 bridgehead atoms. The number of carbonyl (C=O) groups excluding carboxylic acids is 1. The summed E-state index contributed by atoms with van der Waals surface area (Å²) in [7, 11) is 0. The van der Waals surface area contributed by atoms with Crippen LogP contribution in [0.1, 0.15) is 10.4 Å². The van der Waals surface area contributed by atoms with E-state index in [4.69, 9.17) is 11.5 Å². The second-order valence-electron chi connectivity index (χ2n) is 4.41. The number of nitrogens with one attached hydrogen (secondary N) is 1. The van der Waals surface area contributed by atoms with E-state index >= 15 is 0 Å². The van der Waals surface area contributed by atoms with E-state index in [1.165, 1.54) is 0 Å². The first-order chi connectivity index (χ1) is 9.16. The van der Waals surface area contributed by atoms with Crippen LogP contribution in [0.15, 0.2) is 48.5 Å². The molecule has 0 spiro atoms. The van der Waals surface area contributed by atoms with Crippen LogP contribution >= 0.6 is 0 Å². The molecule has 4 nitrogen and oxygen atoms in total. The van der Waals surface area contributed by atoms with Gasteiger partial charge in [0, 0.05) is 16.6 Å². The fourth-order valence-corrected chi connectivity index (χ4v) is 2.26. The molecule has 3 aromatic rings. The summed E-state index contributed by atoms with van der Waals surface area (Å²) in [5.74, 6) is -0.440. The number of aromatic amines is 1. The highest BCUT2D eigenvalue weighted by molar-refractivity contribution is 6.11. The topological polar surface area (TPSA) is 84.9 Å². The van der Waals surface area contributed by atoms with Crippen molar-refractivity contribution in [3.05, 3.63) is 54.1 Å². The van der Waals surface area contributed by atoms with E-state index < -0.39 is 5.91 Å². The Morgan fingerprint density at radius 3 is 2.37 bits per heavy atom. The molecule has 4 heteroatoms. The number of primary amides is 1. The van der Waals surface area contributed by atoms with E-state index in [9.17, 15) is 4.79 Å². The van der Waals surface area contributed by atoms with Gasteiger partial charge in [0.15, 0.2) is 0 Å². The quantitative estimate of drug-likeness (QED) is 0.611. The summed E-state index contributed by atoms with van der Waals surface area (Å²) in [6.45, 7) is 0. The highest BCUT2D eigenvalue weighted by atomic mass is 16.1. The van der Waals surface area contributed by atoms with Gasteiger partial charge in [-0.2, -0.15) is 0 Å². The van der Waals surface area contributed by atoms with Crippen LogP contribution in [0, 0.1) is 0 Å². The van der Waals surface area contributed by atoms with E-state index in [1.54, 1.807) is 12.1 Å². The van der Waals surface area contributed by atoms with Gasteiger partial charge in [0.05, 0.1) is 11.3 Å². The standard InChI is InChI=1S/C15H13N3O/c16-10-7-5-9(6-8-10)14-13(15(17)19)11-3-1-2-4-12(11)18-14/h1-8,18H,16H2,(H2,17,19). The van der Waals surface area contributed by atoms with Gasteiger partial charge in [0.1, 0.15) is 0 Å². The number of rotatable bonds is 2. The van der Waals surface area contributed by atoms with Crippen molar-refractivity contribution in [3.8, 4) is 11.3 Å². The molecule has 1 heterocycles. The molecule has 3 rings (SSSR count). The van der Waals surface area contributed by atoms with Gasteiger partial charge in [0.2, 0.25) is 0 Å². The molecule has 0 aliphatic rings. The summed E-state index contributed by atoms with van der Waals surface area (Å²) in [5, 5.41) is 0.835. The molecule has 5 N–H and O–H groups in total. The third-order valence-corrected chi connectivity index (χ3v) is 3.15. The second-order valence-corrected chi connectivity index (χ2v) is 4.41. The van der Waals surface area contributed by atoms with Crippen molar-refractivity contribution in [1.82, 2.24) is 4.98 Å². The summed E-state index contributed by atoms with van der Waals surface area (Å²) < 4.78 is 0. The molecule has 1 amide bonds. The Balaban J connectivity index is 2.31. The van der Waals surface area contributed by atoms with Gasteiger partial charge in [-0.15, -0.1) is 0 Å². The third kappa shape index (κ3) is 1.83. The van der Waals surface area contributed by atoms with E-state index in [-0.39, 0.29) is 0 Å². The van der Waals surface area contributed by atoms with Crippen LogP contribution in [-0.2, 0) is 0 Å². The summed E-state index contributed by atoms with van der Waals surface area (Å²) in [6.07, 6.45) is 0. The molecular weight excluding hydrogens is 238 g/mol. The van der Waals surface area contributed by atoms with Crippen molar-refractivity contribution >= 4 is 22.5 Å². The fraction of sp³-hybridized carbons (Fsp3) is 0. The number of fused-ring (bicyclic) bond motifs is 1. The SMILES string of the molecule is NC(=O)c1c(-c2ccc(N)cc2)[nH]c2ccccc12. The molecule has 0 atom stereocenters. The molecule has 94 valence electrons. The van der Waals surface area contributed by atoms with E-state index in [0.29, 0.717) is 11.3 Å². The lowest BCUT2D eigenvalue weighted by Crippen LogP contribution is -2.11. The lowest BCUT2D eigenvalue weighted by Gasteiger charge is -2.02. The highest BCUT2D eigenvalue weighted by Gasteiger charge is 2.16. The first kappa shape index (κ1) is 11.3. The minimum atomic E-state index is -0.440. The number of H-pyrrole nitrogens is 1. The van der Waals surface area contributed by atoms with E-state index in [2.05, 4.69) is 4.98 Å². The summed E-state index contributed by atoms with van der Waals surface area (Å²) >= 11 is 0. The van der Waals surface area contributed by atoms with E-state index in [1.807, 2.05) is 36.4 Å². The maximum Gasteiger partial charge on any atom is 0.251 e. The van der Waals surface area contributed by atoms with Crippen LogP contribution < -0.4 is 11.5 Å². The number of anilines is 1. The van der Waals surface area contributed by atoms with Crippen LogP contribution in [0.25, 0.3) is 22.2 Å². The maximum atomic E-state index is 11.7. The van der Waals surface area contributed by atoms with Crippen molar-refractivity contribution in [1.29, 1.82) is 0 Å². The predicted molar refractivity (Wildman–Crippen MR) is 76.7 cm³/mol. The largest absolute Gasteiger partial charge is 0.399 e. The van der Waals surface area contributed by atoms with Crippen LogP contribution in [0.3, 0.4) is 0 Å². The predicted octanol–water partition coefficient (Wildman–Crippen LogP) is 2.52. The monoisotopic (exact) mass is 251 g/mol. The Morgan fingerprint density at radius 2 is 1.68 bits per heavy atom. The van der Waals surface area contributed by atoms with Gasteiger partial charge >= 0.3 is 0 Å². The lowest BCUT2D eigenvalue weighted by atomic mass is 10.0. The molecule has 0 fully saturated rings. The highest BCUT2D eigenvalue weighted by Crippen LogP contribution is 2.30. The van der Waals surface area contributed by atoms with Gasteiger partial charge in [0.25, 0.3) is 5.91 Å². The smallest absolute Gasteiger partial charge is 0.251 e. The van der Waals surface area contributed by atoms with Crippen molar-refractivity contribution < 1.29 is 4.79 Å². The van der Waals surface area contributed by atoms with Crippen LogP contribution in [0.4, 0.5) is 5.69 Å². The molecule has 0 aliphatic heterocycles. The molecular formula is C15H13N3O. The zero-order chi connectivity index (χ0) is 13.4. The lowest BCUT2D eigenvalue weighted by molar-refractivity contribution is 0.100. The van der Waals surface area contributed by atoms with Gasteiger partial charge < -0.3 is 16.5 Å². The molecule has 0 saturated carbocycles. The van der Waals surface area contributed by atoms with Crippen molar-refractivity contribution in [2.75, 3.05) is 5.73 Å². The van der Waals surface area contributed by atoms with Crippen LogP contribution in [-0.4, -0.2) is 10.9 Å². The van der Waals surface area contributed by atoms with Crippen LogP contribution in [0.2, 0.25) is 0 Å².